The number of nitro groups is 2. The maximum Gasteiger partial charge on any atom is 0.416 e. The Bertz CT molecular complexity index is 2400. The number of nitro benzene ring substituents is 2. The zero-order valence-corrected chi connectivity index (χ0v) is 36.3. The smallest absolute Gasteiger partial charge is 0.416 e. The van der Waals surface area contributed by atoms with E-state index in [1.165, 1.54) is 96.8 Å². The van der Waals surface area contributed by atoms with Gasteiger partial charge in [0.15, 0.2) is 35.5 Å². The highest BCUT2D eigenvalue weighted by Gasteiger charge is 2.47. The van der Waals surface area contributed by atoms with Crippen molar-refractivity contribution in [3.8, 4) is 23.0 Å². The number of anilines is 2. The molecule has 0 aromatic heterocycles. The number of carbonyl (C=O) groups excluding carboxylic acids is 4. The number of hydrogen-bond acceptors (Lipinski definition) is 16. The van der Waals surface area contributed by atoms with Gasteiger partial charge in [-0.15, -0.1) is 0 Å². The molecule has 352 valence electrons. The van der Waals surface area contributed by atoms with E-state index in [2.05, 4.69) is 0 Å². The number of methoxy groups -OCH3 is 2. The summed E-state index contributed by atoms with van der Waals surface area (Å²) in [6.45, 7) is 0.121. The first-order valence-electron chi connectivity index (χ1n) is 21.4. The van der Waals surface area contributed by atoms with E-state index in [9.17, 15) is 49.6 Å². The number of aliphatic hydroxyl groups is 2. The van der Waals surface area contributed by atoms with Crippen molar-refractivity contribution < 1.29 is 67.7 Å². The van der Waals surface area contributed by atoms with Crippen molar-refractivity contribution in [3.63, 3.8) is 0 Å². The number of benzene rings is 4. The van der Waals surface area contributed by atoms with Gasteiger partial charge in [0.05, 0.1) is 71.9 Å². The maximum atomic E-state index is 13.9. The summed E-state index contributed by atoms with van der Waals surface area (Å²) in [7, 11) is 2.77. The van der Waals surface area contributed by atoms with Crippen LogP contribution in [0.2, 0.25) is 0 Å². The molecule has 4 atom stereocenters. The molecule has 0 bridgehead atoms. The Morgan fingerprint density at radius 1 is 0.627 bits per heavy atom. The molecule has 2 saturated heterocycles. The summed E-state index contributed by atoms with van der Waals surface area (Å²) in [5, 5.41) is 45.5. The van der Waals surface area contributed by atoms with Crippen LogP contribution in [0.25, 0.3) is 0 Å². The van der Waals surface area contributed by atoms with Gasteiger partial charge in [0.1, 0.15) is 13.2 Å². The van der Waals surface area contributed by atoms with Crippen molar-refractivity contribution in [2.24, 2.45) is 0 Å². The van der Waals surface area contributed by atoms with Crippen molar-refractivity contribution >= 4 is 46.8 Å². The molecule has 4 heterocycles. The van der Waals surface area contributed by atoms with Crippen molar-refractivity contribution in [3.05, 3.63) is 115 Å². The van der Waals surface area contributed by atoms with Crippen LogP contribution in [0.3, 0.4) is 0 Å². The summed E-state index contributed by atoms with van der Waals surface area (Å²) in [6.07, 6.45) is -2.68. The number of hydrogen-bond donors (Lipinski definition) is 2. The van der Waals surface area contributed by atoms with Crippen LogP contribution in [0.5, 0.6) is 23.0 Å². The van der Waals surface area contributed by atoms with Gasteiger partial charge < -0.3 is 48.4 Å². The minimum Gasteiger partial charge on any atom is -0.493 e. The van der Waals surface area contributed by atoms with E-state index in [-0.39, 0.29) is 89.7 Å². The van der Waals surface area contributed by atoms with Crippen molar-refractivity contribution in [1.29, 1.82) is 0 Å². The number of nitrogens with zero attached hydrogens (tertiary/aromatic N) is 6. The van der Waals surface area contributed by atoms with Crippen LogP contribution in [0, 0.1) is 20.2 Å². The first-order valence-corrected chi connectivity index (χ1v) is 21.4. The lowest BCUT2D eigenvalue weighted by Crippen LogP contribution is -2.50. The van der Waals surface area contributed by atoms with Gasteiger partial charge in [-0.2, -0.15) is 0 Å². The average Bonchev–Trinajstić information content (AvgIpc) is 4.01. The van der Waals surface area contributed by atoms with E-state index in [1.54, 1.807) is 0 Å². The Morgan fingerprint density at radius 3 is 1.37 bits per heavy atom. The molecule has 4 amide bonds. The normalized spacial score (nSPS) is 19.6. The third kappa shape index (κ3) is 9.12. The van der Waals surface area contributed by atoms with E-state index in [0.717, 1.165) is 9.80 Å². The topological polar surface area (TPSA) is 263 Å². The Kier molecular flexibility index (Phi) is 13.3. The highest BCUT2D eigenvalue weighted by Crippen LogP contribution is 2.43. The summed E-state index contributed by atoms with van der Waals surface area (Å²) in [6, 6.07) is 15.1. The molecule has 2 fully saturated rings. The van der Waals surface area contributed by atoms with Crippen LogP contribution in [-0.4, -0.2) is 119 Å². The predicted molar refractivity (Wildman–Crippen MR) is 233 cm³/mol. The van der Waals surface area contributed by atoms with Crippen LogP contribution in [0.4, 0.5) is 32.3 Å². The summed E-state index contributed by atoms with van der Waals surface area (Å²) >= 11 is 0. The molecule has 4 aliphatic heterocycles. The van der Waals surface area contributed by atoms with Gasteiger partial charge in [0, 0.05) is 55.9 Å². The lowest BCUT2D eigenvalue weighted by molar-refractivity contribution is -0.385. The molecule has 0 spiro atoms. The molecule has 22 nitrogen and oxygen atoms in total. The molecule has 4 aromatic rings. The quantitative estimate of drug-likeness (QED) is 0.0895. The summed E-state index contributed by atoms with van der Waals surface area (Å²) in [4.78, 5) is 81.6. The largest absolute Gasteiger partial charge is 0.493 e. The van der Waals surface area contributed by atoms with Gasteiger partial charge in [-0.3, -0.25) is 29.8 Å². The first kappa shape index (κ1) is 45.8. The molecule has 22 heteroatoms. The standard InChI is InChI=1S/C45H46N6O16/c1-62-36-20-30-34(48(42(54)32-6-3-16-46(32)40(30)52)44(56)66-24-26-8-12-28(13-9-26)50(58)59)22-38(36)64-18-5-19-65-39-23-35-31(21-37(39)63-2)41(53)47-17-4-7-33(47)43(55)49(35)45(57)67-25-27-10-14-29(15-11-27)51(60)61/h8-15,20-23,32-33,42-43,54-55H,3-7,16-19,24-25H2,1-2H3/t32-,33-,42-,43-/m0/s1. The second kappa shape index (κ2) is 19.4. The predicted octanol–water partition coefficient (Wildman–Crippen LogP) is 5.53. The second-order valence-corrected chi connectivity index (χ2v) is 16.0. The molecule has 0 radical (unpaired) electrons. The molecular weight excluding hydrogens is 881 g/mol. The average molecular weight is 927 g/mol. The molecular formula is C45H46N6O16. The van der Waals surface area contributed by atoms with Crippen molar-refractivity contribution in [2.45, 2.75) is 69.9 Å². The first-order chi connectivity index (χ1) is 32.3. The second-order valence-electron chi connectivity index (χ2n) is 16.0. The van der Waals surface area contributed by atoms with Crippen LogP contribution >= 0.6 is 0 Å². The van der Waals surface area contributed by atoms with Gasteiger partial charge in [-0.05, 0) is 73.2 Å². The van der Waals surface area contributed by atoms with Crippen molar-refractivity contribution in [1.82, 2.24) is 9.80 Å². The lowest BCUT2D eigenvalue weighted by Gasteiger charge is -2.31. The number of aliphatic hydroxyl groups excluding tert-OH is 2. The van der Waals surface area contributed by atoms with E-state index < -0.39 is 58.4 Å². The molecule has 4 aromatic carbocycles. The molecule has 67 heavy (non-hydrogen) atoms. The SMILES string of the molecule is COc1cc2c(cc1OCCCOc1cc3c(cc1OC)C(=O)N1CCC[C@H]1[C@H](O)N3C(=O)OCc1ccc([N+](=O)[O-])cc1)N(C(=O)OCc1ccc([N+](=O)[O-])cc1)[C@@H](O)[C@@H]1CCCN1C2=O. The zero-order chi connectivity index (χ0) is 47.5. The van der Waals surface area contributed by atoms with Crippen LogP contribution in [0.15, 0.2) is 72.8 Å². The molecule has 0 unspecified atom stereocenters. The fourth-order valence-corrected chi connectivity index (χ4v) is 8.72. The highest BCUT2D eigenvalue weighted by atomic mass is 16.6. The van der Waals surface area contributed by atoms with E-state index in [4.69, 9.17) is 28.4 Å². The number of carbonyl (C=O) groups is 4. The monoisotopic (exact) mass is 926 g/mol. The fourth-order valence-electron chi connectivity index (χ4n) is 8.72. The maximum absolute atomic E-state index is 13.9. The highest BCUT2D eigenvalue weighted by molar-refractivity contribution is 6.07. The number of rotatable bonds is 14. The lowest BCUT2D eigenvalue weighted by atomic mass is 10.1. The summed E-state index contributed by atoms with van der Waals surface area (Å²) in [5.74, 6) is -0.292. The van der Waals surface area contributed by atoms with Crippen LogP contribution < -0.4 is 28.7 Å². The Morgan fingerprint density at radius 2 is 1.01 bits per heavy atom. The number of ether oxygens (including phenoxy) is 6. The van der Waals surface area contributed by atoms with Crippen LogP contribution in [0.1, 0.15) is 63.9 Å². The van der Waals surface area contributed by atoms with E-state index in [0.29, 0.717) is 49.9 Å². The van der Waals surface area contributed by atoms with Gasteiger partial charge in [-0.1, -0.05) is 0 Å². The summed E-state index contributed by atoms with van der Waals surface area (Å²) < 4.78 is 34.6. The third-order valence-electron chi connectivity index (χ3n) is 12.1. The van der Waals surface area contributed by atoms with Gasteiger partial charge >= 0.3 is 12.2 Å². The van der Waals surface area contributed by atoms with Gasteiger partial charge in [-0.25, -0.2) is 19.4 Å². The van der Waals surface area contributed by atoms with Gasteiger partial charge in [0.2, 0.25) is 0 Å². The third-order valence-corrected chi connectivity index (χ3v) is 12.1. The number of non-ortho nitro benzene ring substituents is 2. The Labute approximate surface area is 382 Å². The van der Waals surface area contributed by atoms with Crippen molar-refractivity contribution in [2.75, 3.05) is 50.3 Å². The zero-order valence-electron chi connectivity index (χ0n) is 36.3. The fraction of sp³-hybridized carbons (Fsp3) is 0.378. The Hall–Kier alpha value is -7.72. The molecule has 4 aliphatic rings. The molecule has 8 rings (SSSR count). The molecule has 2 N–H and O–H groups in total. The van der Waals surface area contributed by atoms with E-state index >= 15 is 0 Å². The number of amides is 4. The van der Waals surface area contributed by atoms with Crippen LogP contribution in [-0.2, 0) is 22.7 Å². The minimum atomic E-state index is -1.50. The molecule has 0 aliphatic carbocycles. The van der Waals surface area contributed by atoms with Gasteiger partial charge in [0.25, 0.3) is 23.2 Å². The van der Waals surface area contributed by atoms with E-state index in [1.807, 2.05) is 0 Å². The minimum absolute atomic E-state index is 0.00677. The Balaban J connectivity index is 0.993. The summed E-state index contributed by atoms with van der Waals surface area (Å²) in [5.41, 5.74) is 0.770. The number of fused-ring (bicyclic) bond motifs is 4. The molecule has 0 saturated carbocycles.